The molecule has 1 aromatic carbocycles. The van der Waals surface area contributed by atoms with Gasteiger partial charge >= 0.3 is 0 Å². The molecule has 2 N–H and O–H groups in total. The van der Waals surface area contributed by atoms with Crippen LogP contribution in [0, 0.1) is 0 Å². The standard InChI is InChI=1S/C17H27BrN2O/c1-4-14(19)10-13-6-7-16(15(18)11-13)20-9-5-8-17(2,12-20)21-3/h6-7,11,14H,4-5,8-10,12,19H2,1-3H3. The average molecular weight is 355 g/mol. The fourth-order valence-electron chi connectivity index (χ4n) is 2.96. The number of rotatable bonds is 5. The molecule has 0 aromatic heterocycles. The molecule has 1 aliphatic rings. The Balaban J connectivity index is 2.13. The van der Waals surface area contributed by atoms with Crippen molar-refractivity contribution in [1.82, 2.24) is 0 Å². The fraction of sp³-hybridized carbons (Fsp3) is 0.647. The van der Waals surface area contributed by atoms with E-state index in [1.54, 1.807) is 0 Å². The molecule has 1 fully saturated rings. The van der Waals surface area contributed by atoms with Gasteiger partial charge in [0.15, 0.2) is 0 Å². The van der Waals surface area contributed by atoms with Gasteiger partial charge in [-0.3, -0.25) is 0 Å². The monoisotopic (exact) mass is 354 g/mol. The van der Waals surface area contributed by atoms with Crippen molar-refractivity contribution in [2.45, 2.75) is 51.2 Å². The highest BCUT2D eigenvalue weighted by Gasteiger charge is 2.31. The molecule has 21 heavy (non-hydrogen) atoms. The van der Waals surface area contributed by atoms with Crippen molar-refractivity contribution in [1.29, 1.82) is 0 Å². The van der Waals surface area contributed by atoms with Crippen LogP contribution in [0.3, 0.4) is 0 Å². The molecule has 2 rings (SSSR count). The molecule has 0 saturated carbocycles. The van der Waals surface area contributed by atoms with Crippen LogP contribution in [0.25, 0.3) is 0 Å². The Labute approximate surface area is 137 Å². The van der Waals surface area contributed by atoms with Gasteiger partial charge in [0.1, 0.15) is 0 Å². The van der Waals surface area contributed by atoms with E-state index < -0.39 is 0 Å². The molecule has 0 amide bonds. The molecular weight excluding hydrogens is 328 g/mol. The SMILES string of the molecule is CCC(N)Cc1ccc(N2CCCC(C)(OC)C2)c(Br)c1. The quantitative estimate of drug-likeness (QED) is 0.875. The van der Waals surface area contributed by atoms with Crippen molar-refractivity contribution >= 4 is 21.6 Å². The van der Waals surface area contributed by atoms with E-state index in [9.17, 15) is 0 Å². The summed E-state index contributed by atoms with van der Waals surface area (Å²) in [6.45, 7) is 6.36. The highest BCUT2D eigenvalue weighted by Crippen LogP contribution is 2.33. The molecule has 1 aliphatic heterocycles. The fourth-order valence-corrected chi connectivity index (χ4v) is 3.64. The predicted molar refractivity (Wildman–Crippen MR) is 93.0 cm³/mol. The number of halogens is 1. The highest BCUT2D eigenvalue weighted by atomic mass is 79.9. The molecule has 1 saturated heterocycles. The van der Waals surface area contributed by atoms with Crippen molar-refractivity contribution in [3.8, 4) is 0 Å². The summed E-state index contributed by atoms with van der Waals surface area (Å²) in [5, 5.41) is 0. The molecule has 0 aliphatic carbocycles. The third-order valence-electron chi connectivity index (χ3n) is 4.53. The zero-order chi connectivity index (χ0) is 15.5. The first-order chi connectivity index (χ1) is 9.97. The van der Waals surface area contributed by atoms with Gasteiger partial charge in [0, 0.05) is 30.7 Å². The lowest BCUT2D eigenvalue weighted by atomic mass is 9.94. The van der Waals surface area contributed by atoms with E-state index in [1.807, 2.05) is 7.11 Å². The second-order valence-electron chi connectivity index (χ2n) is 6.34. The molecule has 0 radical (unpaired) electrons. The van der Waals surface area contributed by atoms with E-state index in [0.29, 0.717) is 0 Å². The van der Waals surface area contributed by atoms with Gasteiger partial charge in [0.2, 0.25) is 0 Å². The normalized spacial score (nSPS) is 24.1. The van der Waals surface area contributed by atoms with Crippen LogP contribution in [0.5, 0.6) is 0 Å². The number of hydrogen-bond acceptors (Lipinski definition) is 3. The number of nitrogens with two attached hydrogens (primary N) is 1. The molecule has 3 nitrogen and oxygen atoms in total. The van der Waals surface area contributed by atoms with E-state index in [1.165, 1.54) is 17.7 Å². The summed E-state index contributed by atoms with van der Waals surface area (Å²) in [7, 11) is 1.81. The number of methoxy groups -OCH3 is 1. The van der Waals surface area contributed by atoms with Gasteiger partial charge < -0.3 is 15.4 Å². The number of benzene rings is 1. The number of hydrogen-bond donors (Lipinski definition) is 1. The Kier molecular flexibility index (Phi) is 5.69. The van der Waals surface area contributed by atoms with E-state index in [4.69, 9.17) is 10.5 Å². The molecule has 1 heterocycles. The van der Waals surface area contributed by atoms with Gasteiger partial charge in [0.05, 0.1) is 11.3 Å². The van der Waals surface area contributed by atoms with Crippen LogP contribution in [0.15, 0.2) is 22.7 Å². The lowest BCUT2D eigenvalue weighted by molar-refractivity contribution is -0.00467. The number of piperidine rings is 1. The van der Waals surface area contributed by atoms with Crippen LogP contribution in [-0.4, -0.2) is 31.8 Å². The molecule has 2 atom stereocenters. The lowest BCUT2D eigenvalue weighted by Crippen LogP contribution is -2.47. The minimum Gasteiger partial charge on any atom is -0.377 e. The first kappa shape index (κ1) is 16.8. The topological polar surface area (TPSA) is 38.5 Å². The zero-order valence-corrected chi connectivity index (χ0v) is 14.9. The average Bonchev–Trinajstić information content (AvgIpc) is 2.47. The van der Waals surface area contributed by atoms with Gasteiger partial charge in [-0.25, -0.2) is 0 Å². The van der Waals surface area contributed by atoms with Crippen LogP contribution < -0.4 is 10.6 Å². The summed E-state index contributed by atoms with van der Waals surface area (Å²) in [6.07, 6.45) is 4.24. The van der Waals surface area contributed by atoms with Gasteiger partial charge in [-0.15, -0.1) is 0 Å². The van der Waals surface area contributed by atoms with Crippen LogP contribution in [0.1, 0.15) is 38.7 Å². The van der Waals surface area contributed by atoms with Crippen molar-refractivity contribution in [3.63, 3.8) is 0 Å². The predicted octanol–water partition coefficient (Wildman–Crippen LogP) is 3.73. The van der Waals surface area contributed by atoms with Crippen molar-refractivity contribution in [2.75, 3.05) is 25.1 Å². The van der Waals surface area contributed by atoms with Crippen molar-refractivity contribution in [2.24, 2.45) is 5.73 Å². The number of anilines is 1. The third kappa shape index (κ3) is 4.21. The van der Waals surface area contributed by atoms with Crippen molar-refractivity contribution in [3.05, 3.63) is 28.2 Å². The van der Waals surface area contributed by atoms with Crippen LogP contribution >= 0.6 is 15.9 Å². The summed E-state index contributed by atoms with van der Waals surface area (Å²) in [5.74, 6) is 0. The van der Waals surface area contributed by atoms with E-state index in [0.717, 1.165) is 36.8 Å². The van der Waals surface area contributed by atoms with E-state index >= 15 is 0 Å². The smallest absolute Gasteiger partial charge is 0.0825 e. The molecule has 2 unspecified atom stereocenters. The largest absolute Gasteiger partial charge is 0.377 e. The first-order valence-electron chi connectivity index (χ1n) is 7.81. The first-order valence-corrected chi connectivity index (χ1v) is 8.61. The molecule has 118 valence electrons. The van der Waals surface area contributed by atoms with Gasteiger partial charge in [-0.05, 0) is 66.2 Å². The van der Waals surface area contributed by atoms with Gasteiger partial charge in [-0.1, -0.05) is 13.0 Å². The van der Waals surface area contributed by atoms with Crippen LogP contribution in [-0.2, 0) is 11.2 Å². The minimum absolute atomic E-state index is 0.0407. The third-order valence-corrected chi connectivity index (χ3v) is 5.16. The molecule has 0 spiro atoms. The maximum atomic E-state index is 6.05. The summed E-state index contributed by atoms with van der Waals surface area (Å²) in [5.41, 5.74) is 8.56. The molecular formula is C17H27BrN2O. The van der Waals surface area contributed by atoms with Crippen LogP contribution in [0.4, 0.5) is 5.69 Å². The second-order valence-corrected chi connectivity index (χ2v) is 7.19. The van der Waals surface area contributed by atoms with Gasteiger partial charge in [-0.2, -0.15) is 0 Å². The summed E-state index contributed by atoms with van der Waals surface area (Å²) < 4.78 is 6.84. The summed E-state index contributed by atoms with van der Waals surface area (Å²) >= 11 is 3.73. The maximum absolute atomic E-state index is 6.05. The van der Waals surface area contributed by atoms with E-state index in [2.05, 4.69) is 52.9 Å². The Hall–Kier alpha value is -0.580. The van der Waals surface area contributed by atoms with E-state index in [-0.39, 0.29) is 11.6 Å². The Morgan fingerprint density at radius 1 is 1.48 bits per heavy atom. The molecule has 4 heteroatoms. The maximum Gasteiger partial charge on any atom is 0.0825 e. The highest BCUT2D eigenvalue weighted by molar-refractivity contribution is 9.10. The summed E-state index contributed by atoms with van der Waals surface area (Å²) in [6, 6.07) is 6.87. The minimum atomic E-state index is -0.0407. The summed E-state index contributed by atoms with van der Waals surface area (Å²) in [4.78, 5) is 2.42. The zero-order valence-electron chi connectivity index (χ0n) is 13.4. The number of ether oxygens (including phenoxy) is 1. The second kappa shape index (κ2) is 7.12. The Bertz CT molecular complexity index is 480. The van der Waals surface area contributed by atoms with Gasteiger partial charge in [0.25, 0.3) is 0 Å². The lowest BCUT2D eigenvalue weighted by Gasteiger charge is -2.41. The number of nitrogens with zero attached hydrogens (tertiary/aromatic N) is 1. The molecule has 1 aromatic rings. The molecule has 0 bridgehead atoms. The van der Waals surface area contributed by atoms with Crippen LogP contribution in [0.2, 0.25) is 0 Å². The Morgan fingerprint density at radius 3 is 2.86 bits per heavy atom. The Morgan fingerprint density at radius 2 is 2.24 bits per heavy atom. The van der Waals surface area contributed by atoms with Crippen molar-refractivity contribution < 1.29 is 4.74 Å².